The Labute approximate surface area is 147 Å². The summed E-state index contributed by atoms with van der Waals surface area (Å²) in [5.74, 6) is 0. The van der Waals surface area contributed by atoms with Crippen LogP contribution in [0.5, 0.6) is 0 Å². The monoisotopic (exact) mass is 337 g/mol. The van der Waals surface area contributed by atoms with E-state index in [1.807, 2.05) is 49.5 Å². The Hall–Kier alpha value is -2.50. The molecule has 0 aliphatic heterocycles. The highest BCUT2D eigenvalue weighted by Gasteiger charge is 2.16. The standard InChI is InChI=1S/C20H23N3O2/c1-22(19(11-14-24)16-7-3-2-4-8-16)12-13-23-15-21-18-10-6-5-9-17(18)20(23)25/h2-10,15,19,24H,11-14H2,1H3. The fraction of sp³-hybridized carbons (Fsp3) is 0.300. The van der Waals surface area contributed by atoms with Crippen molar-refractivity contribution < 1.29 is 5.11 Å². The van der Waals surface area contributed by atoms with Crippen molar-refractivity contribution in [2.24, 2.45) is 0 Å². The largest absolute Gasteiger partial charge is 0.396 e. The van der Waals surface area contributed by atoms with Crippen LogP contribution in [-0.4, -0.2) is 39.8 Å². The Bertz CT molecular complexity index is 877. The van der Waals surface area contributed by atoms with Crippen molar-refractivity contribution in [3.63, 3.8) is 0 Å². The summed E-state index contributed by atoms with van der Waals surface area (Å²) >= 11 is 0. The van der Waals surface area contributed by atoms with Gasteiger partial charge in [0.05, 0.1) is 17.2 Å². The Morgan fingerprint density at radius 3 is 2.60 bits per heavy atom. The predicted octanol–water partition coefficient (Wildman–Crippen LogP) is 2.45. The van der Waals surface area contributed by atoms with Crippen LogP contribution in [0.4, 0.5) is 0 Å². The molecule has 0 aliphatic rings. The molecular weight excluding hydrogens is 314 g/mol. The minimum absolute atomic E-state index is 0.0163. The summed E-state index contributed by atoms with van der Waals surface area (Å²) in [5.41, 5.74) is 1.87. The number of benzene rings is 2. The molecule has 1 N–H and O–H groups in total. The lowest BCUT2D eigenvalue weighted by molar-refractivity contribution is 0.180. The molecule has 1 unspecified atom stereocenters. The molecule has 0 fully saturated rings. The van der Waals surface area contributed by atoms with E-state index in [1.165, 1.54) is 5.56 Å². The molecule has 0 radical (unpaired) electrons. The van der Waals surface area contributed by atoms with Crippen LogP contribution in [0.15, 0.2) is 65.7 Å². The van der Waals surface area contributed by atoms with Crippen LogP contribution in [0.25, 0.3) is 10.9 Å². The van der Waals surface area contributed by atoms with Crippen molar-refractivity contribution in [3.05, 3.63) is 76.8 Å². The Morgan fingerprint density at radius 1 is 1.12 bits per heavy atom. The minimum atomic E-state index is -0.0163. The Balaban J connectivity index is 1.76. The zero-order valence-electron chi connectivity index (χ0n) is 14.4. The number of fused-ring (bicyclic) bond motifs is 1. The lowest BCUT2D eigenvalue weighted by Gasteiger charge is -2.28. The lowest BCUT2D eigenvalue weighted by Crippen LogP contribution is -2.32. The molecule has 0 bridgehead atoms. The van der Waals surface area contributed by atoms with Gasteiger partial charge in [0.2, 0.25) is 0 Å². The van der Waals surface area contributed by atoms with Crippen LogP contribution in [0.2, 0.25) is 0 Å². The van der Waals surface area contributed by atoms with Crippen LogP contribution in [0.3, 0.4) is 0 Å². The molecule has 1 atom stereocenters. The Kier molecular flexibility index (Phi) is 5.58. The summed E-state index contributed by atoms with van der Waals surface area (Å²) in [4.78, 5) is 19.1. The van der Waals surface area contributed by atoms with Gasteiger partial charge in [0.1, 0.15) is 0 Å². The second-order valence-corrected chi connectivity index (χ2v) is 6.18. The van der Waals surface area contributed by atoms with Crippen LogP contribution in [0, 0.1) is 0 Å². The molecule has 3 aromatic rings. The van der Waals surface area contributed by atoms with E-state index in [0.29, 0.717) is 24.9 Å². The summed E-state index contributed by atoms with van der Waals surface area (Å²) in [6.45, 7) is 1.38. The third-order valence-electron chi connectivity index (χ3n) is 4.54. The van der Waals surface area contributed by atoms with Gasteiger partial charge >= 0.3 is 0 Å². The molecule has 3 rings (SSSR count). The molecule has 0 amide bonds. The SMILES string of the molecule is CN(CCn1cnc2ccccc2c1=O)C(CCO)c1ccccc1. The van der Waals surface area contributed by atoms with E-state index < -0.39 is 0 Å². The van der Waals surface area contributed by atoms with E-state index in [1.54, 1.807) is 10.9 Å². The van der Waals surface area contributed by atoms with Crippen molar-refractivity contribution >= 4 is 10.9 Å². The van der Waals surface area contributed by atoms with Crippen molar-refractivity contribution in [1.82, 2.24) is 14.5 Å². The topological polar surface area (TPSA) is 58.4 Å². The average Bonchev–Trinajstić information content (AvgIpc) is 2.66. The van der Waals surface area contributed by atoms with E-state index in [9.17, 15) is 9.90 Å². The number of rotatable bonds is 7. The molecule has 1 aromatic heterocycles. The van der Waals surface area contributed by atoms with Gasteiger partial charge in [-0.2, -0.15) is 0 Å². The lowest BCUT2D eigenvalue weighted by atomic mass is 10.0. The number of hydrogen-bond acceptors (Lipinski definition) is 4. The number of aliphatic hydroxyl groups is 1. The number of aliphatic hydroxyl groups excluding tert-OH is 1. The second kappa shape index (κ2) is 8.05. The fourth-order valence-corrected chi connectivity index (χ4v) is 3.13. The van der Waals surface area contributed by atoms with Gasteiger partial charge < -0.3 is 5.11 Å². The van der Waals surface area contributed by atoms with Gasteiger partial charge in [-0.1, -0.05) is 42.5 Å². The second-order valence-electron chi connectivity index (χ2n) is 6.18. The normalized spacial score (nSPS) is 12.6. The first-order valence-electron chi connectivity index (χ1n) is 8.51. The third kappa shape index (κ3) is 3.95. The number of aromatic nitrogens is 2. The summed E-state index contributed by atoms with van der Waals surface area (Å²) in [6.07, 6.45) is 2.27. The zero-order valence-corrected chi connectivity index (χ0v) is 14.4. The highest BCUT2D eigenvalue weighted by Crippen LogP contribution is 2.22. The molecule has 0 saturated carbocycles. The quantitative estimate of drug-likeness (QED) is 0.719. The maximum Gasteiger partial charge on any atom is 0.261 e. The highest BCUT2D eigenvalue weighted by atomic mass is 16.3. The van der Waals surface area contributed by atoms with Gasteiger partial charge in [-0.05, 0) is 31.2 Å². The van der Waals surface area contributed by atoms with Gasteiger partial charge in [0.25, 0.3) is 5.56 Å². The Morgan fingerprint density at radius 2 is 1.84 bits per heavy atom. The number of likely N-dealkylation sites (N-methyl/N-ethyl adjacent to an activating group) is 1. The minimum Gasteiger partial charge on any atom is -0.396 e. The van der Waals surface area contributed by atoms with Gasteiger partial charge in [-0.3, -0.25) is 14.3 Å². The van der Waals surface area contributed by atoms with Crippen molar-refractivity contribution in [1.29, 1.82) is 0 Å². The van der Waals surface area contributed by atoms with Crippen LogP contribution in [-0.2, 0) is 6.54 Å². The van der Waals surface area contributed by atoms with E-state index in [4.69, 9.17) is 0 Å². The molecule has 5 nitrogen and oxygen atoms in total. The van der Waals surface area contributed by atoms with E-state index >= 15 is 0 Å². The molecule has 2 aromatic carbocycles. The molecule has 130 valence electrons. The zero-order chi connectivity index (χ0) is 17.6. The molecule has 0 saturated heterocycles. The van der Waals surface area contributed by atoms with Crippen LogP contribution < -0.4 is 5.56 Å². The molecule has 5 heteroatoms. The summed E-state index contributed by atoms with van der Waals surface area (Å²) in [5, 5.41) is 10.0. The molecule has 0 aliphatic carbocycles. The first-order chi connectivity index (χ1) is 12.2. The van der Waals surface area contributed by atoms with Crippen LogP contribution in [0.1, 0.15) is 18.0 Å². The number of nitrogens with zero attached hydrogens (tertiary/aromatic N) is 3. The average molecular weight is 337 g/mol. The third-order valence-corrected chi connectivity index (χ3v) is 4.54. The van der Waals surface area contributed by atoms with E-state index in [2.05, 4.69) is 22.0 Å². The summed E-state index contributed by atoms with van der Waals surface area (Å²) < 4.78 is 1.65. The number of hydrogen-bond donors (Lipinski definition) is 1. The van der Waals surface area contributed by atoms with Crippen molar-refractivity contribution in [3.8, 4) is 0 Å². The summed E-state index contributed by atoms with van der Waals surface area (Å²) in [6, 6.07) is 17.7. The van der Waals surface area contributed by atoms with Gasteiger partial charge in [0, 0.05) is 25.7 Å². The summed E-state index contributed by atoms with van der Waals surface area (Å²) in [7, 11) is 2.02. The van der Waals surface area contributed by atoms with E-state index in [0.717, 1.165) is 5.52 Å². The maximum absolute atomic E-state index is 12.6. The van der Waals surface area contributed by atoms with Gasteiger partial charge in [-0.15, -0.1) is 0 Å². The fourth-order valence-electron chi connectivity index (χ4n) is 3.13. The van der Waals surface area contributed by atoms with Gasteiger partial charge in [-0.25, -0.2) is 4.98 Å². The molecule has 25 heavy (non-hydrogen) atoms. The first kappa shape index (κ1) is 17.3. The van der Waals surface area contributed by atoms with E-state index in [-0.39, 0.29) is 18.2 Å². The molecule has 0 spiro atoms. The van der Waals surface area contributed by atoms with Gasteiger partial charge in [0.15, 0.2) is 0 Å². The smallest absolute Gasteiger partial charge is 0.261 e. The number of para-hydroxylation sites is 1. The first-order valence-corrected chi connectivity index (χ1v) is 8.51. The van der Waals surface area contributed by atoms with Crippen LogP contribution >= 0.6 is 0 Å². The highest BCUT2D eigenvalue weighted by molar-refractivity contribution is 5.76. The van der Waals surface area contributed by atoms with Crippen molar-refractivity contribution in [2.45, 2.75) is 19.0 Å². The van der Waals surface area contributed by atoms with Crippen molar-refractivity contribution in [2.75, 3.05) is 20.2 Å². The molecular formula is C20H23N3O2. The predicted molar refractivity (Wildman–Crippen MR) is 99.5 cm³/mol. The molecule has 1 heterocycles. The maximum atomic E-state index is 12.6.